The number of likely N-dealkylation sites (tertiary alicyclic amines) is 1. The fourth-order valence-corrected chi connectivity index (χ4v) is 6.28. The largest absolute Gasteiger partial charge is 0.467 e. The standard InChI is InChI=1S/C26H29N3O5S/c1-33-25(32)18-10-11-20-21(14-18)27-26(29(24(20)31)15-19-8-5-13-34-19)35-16-23(30)28-12-4-7-17-6-2-3-9-22(17)28/h5,8,10-11,13-14,17,22H,2-4,6-7,9,12,15-16H2,1H3/t17-,22-/m1/s1. The van der Waals surface area contributed by atoms with Crippen LogP contribution in [0.15, 0.2) is 51.0 Å². The van der Waals surface area contributed by atoms with Gasteiger partial charge in [0.1, 0.15) is 5.76 Å². The average molecular weight is 496 g/mol. The van der Waals surface area contributed by atoms with E-state index in [4.69, 9.17) is 14.1 Å². The van der Waals surface area contributed by atoms with E-state index < -0.39 is 5.97 Å². The number of hydrogen-bond donors (Lipinski definition) is 0. The fraction of sp³-hybridized carbons (Fsp3) is 0.462. The van der Waals surface area contributed by atoms with Gasteiger partial charge in [-0.25, -0.2) is 9.78 Å². The molecule has 2 aliphatic rings. The quantitative estimate of drug-likeness (QED) is 0.289. The number of benzene rings is 1. The van der Waals surface area contributed by atoms with Crippen LogP contribution in [0.4, 0.5) is 0 Å². The zero-order chi connectivity index (χ0) is 24.4. The number of aromatic nitrogens is 2. The Bertz CT molecular complexity index is 1280. The van der Waals surface area contributed by atoms with Gasteiger partial charge in [0.15, 0.2) is 5.16 Å². The minimum atomic E-state index is -0.495. The summed E-state index contributed by atoms with van der Waals surface area (Å²) in [5, 5.41) is 0.812. The van der Waals surface area contributed by atoms with Crippen LogP contribution >= 0.6 is 11.8 Å². The van der Waals surface area contributed by atoms with Gasteiger partial charge in [-0.05, 0) is 61.9 Å². The molecule has 3 aromatic rings. The zero-order valence-electron chi connectivity index (χ0n) is 19.8. The van der Waals surface area contributed by atoms with Gasteiger partial charge in [0.2, 0.25) is 5.91 Å². The summed E-state index contributed by atoms with van der Waals surface area (Å²) in [7, 11) is 1.31. The summed E-state index contributed by atoms with van der Waals surface area (Å²) in [6.45, 7) is 1.01. The van der Waals surface area contributed by atoms with Crippen molar-refractivity contribution in [3.63, 3.8) is 0 Å². The summed E-state index contributed by atoms with van der Waals surface area (Å²) in [5.74, 6) is 1.03. The van der Waals surface area contributed by atoms with E-state index in [2.05, 4.69) is 4.90 Å². The molecule has 1 saturated heterocycles. The molecule has 184 valence electrons. The number of fused-ring (bicyclic) bond motifs is 2. The molecule has 0 N–H and O–H groups in total. The van der Waals surface area contributed by atoms with Gasteiger partial charge in [-0.1, -0.05) is 24.6 Å². The molecule has 9 heteroatoms. The highest BCUT2D eigenvalue weighted by Gasteiger charge is 2.35. The molecule has 8 nitrogen and oxygen atoms in total. The van der Waals surface area contributed by atoms with E-state index in [0.29, 0.717) is 39.3 Å². The molecular weight excluding hydrogens is 466 g/mol. The first-order valence-electron chi connectivity index (χ1n) is 12.1. The molecule has 2 aromatic heterocycles. The molecular formula is C26H29N3O5S. The smallest absolute Gasteiger partial charge is 0.337 e. The summed E-state index contributed by atoms with van der Waals surface area (Å²) in [6.07, 6.45) is 8.53. The SMILES string of the molecule is COC(=O)c1ccc2c(=O)n(Cc3ccco3)c(SCC(=O)N3CCC[C@H]4CCCC[C@H]43)nc2c1. The Morgan fingerprint density at radius 3 is 2.80 bits per heavy atom. The minimum Gasteiger partial charge on any atom is -0.467 e. The number of hydrogen-bond acceptors (Lipinski definition) is 7. The second-order valence-corrected chi connectivity index (χ2v) is 10.2. The molecule has 3 heterocycles. The van der Waals surface area contributed by atoms with E-state index in [9.17, 15) is 14.4 Å². The second kappa shape index (κ2) is 10.3. The first kappa shape index (κ1) is 23.7. The van der Waals surface area contributed by atoms with Crippen LogP contribution in [0.2, 0.25) is 0 Å². The van der Waals surface area contributed by atoms with Gasteiger partial charge < -0.3 is 14.1 Å². The molecule has 2 fully saturated rings. The third-order valence-corrected chi connectivity index (χ3v) is 8.08. The predicted octanol–water partition coefficient (Wildman–Crippen LogP) is 4.10. The third-order valence-electron chi connectivity index (χ3n) is 7.12. The van der Waals surface area contributed by atoms with Gasteiger partial charge in [0.25, 0.3) is 5.56 Å². The topological polar surface area (TPSA) is 94.6 Å². The monoisotopic (exact) mass is 495 g/mol. The maximum atomic E-state index is 13.4. The molecule has 0 spiro atoms. The molecule has 0 unspecified atom stereocenters. The molecule has 35 heavy (non-hydrogen) atoms. The van der Waals surface area contributed by atoms with Crippen LogP contribution in [-0.4, -0.2) is 51.8 Å². The van der Waals surface area contributed by atoms with E-state index in [1.54, 1.807) is 36.6 Å². The maximum absolute atomic E-state index is 13.4. The molecule has 0 radical (unpaired) electrons. The summed E-state index contributed by atoms with van der Waals surface area (Å²) < 4.78 is 11.8. The summed E-state index contributed by atoms with van der Waals surface area (Å²) in [5.41, 5.74) is 0.469. The van der Waals surface area contributed by atoms with Crippen molar-refractivity contribution < 1.29 is 18.7 Å². The van der Waals surface area contributed by atoms with Crippen LogP contribution in [0.3, 0.4) is 0 Å². The van der Waals surface area contributed by atoms with Crippen LogP contribution in [0, 0.1) is 5.92 Å². The first-order valence-corrected chi connectivity index (χ1v) is 13.1. The van der Waals surface area contributed by atoms with Crippen molar-refractivity contribution >= 4 is 34.5 Å². The van der Waals surface area contributed by atoms with Crippen LogP contribution in [0.1, 0.15) is 54.6 Å². The van der Waals surface area contributed by atoms with E-state index >= 15 is 0 Å². The van der Waals surface area contributed by atoms with E-state index in [-0.39, 0.29) is 23.8 Å². The van der Waals surface area contributed by atoms with Crippen LogP contribution < -0.4 is 5.56 Å². The van der Waals surface area contributed by atoms with E-state index in [1.807, 2.05) is 0 Å². The maximum Gasteiger partial charge on any atom is 0.337 e. The number of carbonyl (C=O) groups excluding carboxylic acids is 2. The van der Waals surface area contributed by atoms with Crippen molar-refractivity contribution in [2.75, 3.05) is 19.4 Å². The van der Waals surface area contributed by atoms with Gasteiger partial charge in [0, 0.05) is 12.6 Å². The molecule has 1 saturated carbocycles. The number of rotatable bonds is 6. The lowest BCUT2D eigenvalue weighted by Gasteiger charge is -2.44. The Balaban J connectivity index is 1.45. The van der Waals surface area contributed by atoms with Gasteiger partial charge >= 0.3 is 5.97 Å². The molecule has 1 aliphatic carbocycles. The van der Waals surface area contributed by atoms with E-state index in [0.717, 1.165) is 19.4 Å². The highest BCUT2D eigenvalue weighted by atomic mass is 32.2. The molecule has 1 aromatic carbocycles. The number of thioether (sulfide) groups is 1. The summed E-state index contributed by atoms with van der Waals surface area (Å²) in [4.78, 5) is 45.5. The number of nitrogens with zero attached hydrogens (tertiary/aromatic N) is 3. The van der Waals surface area contributed by atoms with E-state index in [1.165, 1.54) is 49.1 Å². The zero-order valence-corrected chi connectivity index (χ0v) is 20.6. The summed E-state index contributed by atoms with van der Waals surface area (Å²) in [6, 6.07) is 8.61. The Morgan fingerprint density at radius 2 is 2.00 bits per heavy atom. The number of piperidine rings is 1. The number of amides is 1. The number of carbonyl (C=O) groups is 2. The second-order valence-electron chi connectivity index (χ2n) is 9.22. The van der Waals surface area contributed by atoms with Gasteiger partial charge in [-0.15, -0.1) is 0 Å². The molecule has 0 bridgehead atoms. The molecule has 1 aliphatic heterocycles. The van der Waals surface area contributed by atoms with Crippen molar-refractivity contribution in [3.8, 4) is 0 Å². The molecule has 2 atom stereocenters. The van der Waals surface area contributed by atoms with Gasteiger partial charge in [0.05, 0.1) is 42.1 Å². The fourth-order valence-electron chi connectivity index (χ4n) is 5.40. The number of ether oxygens (including phenoxy) is 1. The first-order chi connectivity index (χ1) is 17.0. The Labute approximate surface area is 207 Å². The van der Waals surface area contributed by atoms with Crippen molar-refractivity contribution in [3.05, 3.63) is 58.3 Å². The average Bonchev–Trinajstić information content (AvgIpc) is 3.41. The minimum absolute atomic E-state index is 0.0915. The lowest BCUT2D eigenvalue weighted by Crippen LogP contribution is -2.50. The normalized spacial score (nSPS) is 20.0. The van der Waals surface area contributed by atoms with Gasteiger partial charge in [-0.3, -0.25) is 14.2 Å². The molecule has 1 amide bonds. The highest BCUT2D eigenvalue weighted by Crippen LogP contribution is 2.35. The van der Waals surface area contributed by atoms with Crippen LogP contribution in [0.5, 0.6) is 0 Å². The van der Waals surface area contributed by atoms with Crippen molar-refractivity contribution in [2.24, 2.45) is 5.92 Å². The van der Waals surface area contributed by atoms with Crippen LogP contribution in [-0.2, 0) is 16.1 Å². The van der Waals surface area contributed by atoms with Crippen LogP contribution in [0.25, 0.3) is 10.9 Å². The third kappa shape index (κ3) is 4.87. The highest BCUT2D eigenvalue weighted by molar-refractivity contribution is 7.99. The Morgan fingerprint density at radius 1 is 1.17 bits per heavy atom. The van der Waals surface area contributed by atoms with Crippen molar-refractivity contribution in [1.82, 2.24) is 14.5 Å². The number of methoxy groups -OCH3 is 1. The number of esters is 1. The summed E-state index contributed by atoms with van der Waals surface area (Å²) >= 11 is 1.26. The number of furan rings is 1. The predicted molar refractivity (Wildman–Crippen MR) is 133 cm³/mol. The lowest BCUT2D eigenvalue weighted by molar-refractivity contribution is -0.134. The molecule has 5 rings (SSSR count). The lowest BCUT2D eigenvalue weighted by atomic mass is 9.78. The Kier molecular flexibility index (Phi) is 6.95. The van der Waals surface area contributed by atoms with Gasteiger partial charge in [-0.2, -0.15) is 0 Å². The van der Waals surface area contributed by atoms with Crippen molar-refractivity contribution in [1.29, 1.82) is 0 Å². The Hall–Kier alpha value is -3.07. The van der Waals surface area contributed by atoms with Crippen molar-refractivity contribution in [2.45, 2.75) is 56.3 Å².